The zero-order valence-corrected chi connectivity index (χ0v) is 13.8. The van der Waals surface area contributed by atoms with Crippen LogP contribution in [-0.2, 0) is 29.5 Å². The zero-order chi connectivity index (χ0) is 16.1. The van der Waals surface area contributed by atoms with Crippen molar-refractivity contribution in [3.8, 4) is 11.3 Å². The molecular formula is C15H17N5O2S. The molecule has 1 N–H and O–H groups in total. The van der Waals surface area contributed by atoms with Crippen molar-refractivity contribution >= 4 is 28.3 Å². The first-order valence-electron chi connectivity index (χ1n) is 7.58. The minimum absolute atomic E-state index is 0.0172. The molecule has 23 heavy (non-hydrogen) atoms. The topological polar surface area (TPSA) is 80.1 Å². The summed E-state index contributed by atoms with van der Waals surface area (Å²) in [5.41, 5.74) is 3.17. The van der Waals surface area contributed by atoms with Crippen molar-refractivity contribution in [2.75, 3.05) is 18.9 Å². The molecule has 1 atom stereocenters. The van der Waals surface area contributed by atoms with Gasteiger partial charge in [-0.05, 0) is 12.8 Å². The number of aromatic nitrogens is 3. The molecule has 2 aliphatic rings. The second-order valence-corrected chi connectivity index (χ2v) is 7.17. The van der Waals surface area contributed by atoms with Gasteiger partial charge >= 0.3 is 0 Å². The Kier molecular flexibility index (Phi) is 3.22. The maximum absolute atomic E-state index is 12.3. The van der Waals surface area contributed by atoms with Crippen LogP contribution in [0.15, 0.2) is 6.20 Å². The van der Waals surface area contributed by atoms with Crippen LogP contribution in [0.2, 0.25) is 0 Å². The van der Waals surface area contributed by atoms with Crippen LogP contribution in [0.1, 0.15) is 17.0 Å². The number of aryl methyl sites for hydroxylation is 2. The summed E-state index contributed by atoms with van der Waals surface area (Å²) in [5, 5.41) is 7.79. The summed E-state index contributed by atoms with van der Waals surface area (Å²) < 4.78 is 1.88. The van der Waals surface area contributed by atoms with Gasteiger partial charge < -0.3 is 10.2 Å². The van der Waals surface area contributed by atoms with Gasteiger partial charge in [0, 0.05) is 43.2 Å². The van der Waals surface area contributed by atoms with Crippen LogP contribution in [0, 0.1) is 5.92 Å². The molecule has 2 amide bonds. The van der Waals surface area contributed by atoms with Gasteiger partial charge in [-0.1, -0.05) is 0 Å². The van der Waals surface area contributed by atoms with Crippen LogP contribution in [0.4, 0.5) is 5.13 Å². The van der Waals surface area contributed by atoms with Gasteiger partial charge in [0.15, 0.2) is 5.13 Å². The Labute approximate surface area is 137 Å². The Balaban J connectivity index is 1.55. The molecule has 1 aliphatic carbocycles. The first-order valence-corrected chi connectivity index (χ1v) is 8.40. The van der Waals surface area contributed by atoms with Crippen molar-refractivity contribution in [2.24, 2.45) is 13.0 Å². The Morgan fingerprint density at radius 2 is 2.22 bits per heavy atom. The van der Waals surface area contributed by atoms with Crippen LogP contribution < -0.4 is 5.32 Å². The molecule has 0 bridgehead atoms. The first kappa shape index (κ1) is 14.4. The van der Waals surface area contributed by atoms with Crippen molar-refractivity contribution in [3.63, 3.8) is 0 Å². The second-order valence-electron chi connectivity index (χ2n) is 6.08. The van der Waals surface area contributed by atoms with Crippen molar-refractivity contribution in [1.82, 2.24) is 19.7 Å². The number of nitrogens with zero attached hydrogens (tertiary/aromatic N) is 4. The lowest BCUT2D eigenvalue weighted by molar-refractivity contribution is -0.127. The molecule has 0 aromatic carbocycles. The molecule has 1 aliphatic heterocycles. The largest absolute Gasteiger partial charge is 0.345 e. The highest BCUT2D eigenvalue weighted by atomic mass is 32.1. The number of carbonyl (C=O) groups excluding carboxylic acids is 2. The van der Waals surface area contributed by atoms with E-state index in [0.717, 1.165) is 24.1 Å². The van der Waals surface area contributed by atoms with Crippen LogP contribution in [0.25, 0.3) is 11.3 Å². The average Bonchev–Trinajstić information content (AvgIpc) is 3.17. The highest BCUT2D eigenvalue weighted by Gasteiger charge is 2.33. The SMILES string of the molecule is CN1CC(C(=O)Nc2nc3c(s2)CCc2c-3cnn2C)CC1=O. The van der Waals surface area contributed by atoms with E-state index in [-0.39, 0.29) is 24.2 Å². The maximum atomic E-state index is 12.3. The third kappa shape index (κ3) is 2.33. The van der Waals surface area contributed by atoms with Crippen molar-refractivity contribution in [1.29, 1.82) is 0 Å². The number of likely N-dealkylation sites (tertiary alicyclic amines) is 1. The molecule has 7 nitrogen and oxygen atoms in total. The molecule has 1 saturated heterocycles. The van der Waals surface area contributed by atoms with E-state index >= 15 is 0 Å². The highest BCUT2D eigenvalue weighted by molar-refractivity contribution is 7.16. The minimum atomic E-state index is -0.289. The molecule has 0 radical (unpaired) electrons. The standard InChI is InChI=1S/C15H17N5O2S/c1-19-7-8(5-12(19)21)14(22)18-15-17-13-9-6-16-20(2)10(9)3-4-11(13)23-15/h6,8H,3-5,7H2,1-2H3,(H,17,18,22). The van der Waals surface area contributed by atoms with Gasteiger partial charge in [0.1, 0.15) is 0 Å². The zero-order valence-electron chi connectivity index (χ0n) is 13.0. The molecule has 4 rings (SSSR count). The summed E-state index contributed by atoms with van der Waals surface area (Å²) in [7, 11) is 3.66. The number of amides is 2. The predicted octanol–water partition coefficient (Wildman–Crippen LogP) is 1.06. The first-order chi connectivity index (χ1) is 11.0. The summed E-state index contributed by atoms with van der Waals surface area (Å²) in [4.78, 5) is 31.3. The maximum Gasteiger partial charge on any atom is 0.231 e. The normalized spacial score (nSPS) is 19.7. The van der Waals surface area contributed by atoms with Crippen LogP contribution in [0.5, 0.6) is 0 Å². The lowest BCUT2D eigenvalue weighted by atomic mass is 10.0. The lowest BCUT2D eigenvalue weighted by Gasteiger charge is -2.10. The van der Waals surface area contributed by atoms with E-state index in [4.69, 9.17) is 0 Å². The van der Waals surface area contributed by atoms with Gasteiger partial charge in [0.05, 0.1) is 17.8 Å². The highest BCUT2D eigenvalue weighted by Crippen LogP contribution is 2.38. The molecule has 0 saturated carbocycles. The summed E-state index contributed by atoms with van der Waals surface area (Å²) in [6.45, 7) is 0.475. The third-order valence-corrected chi connectivity index (χ3v) is 5.58. The van der Waals surface area contributed by atoms with E-state index in [9.17, 15) is 9.59 Å². The minimum Gasteiger partial charge on any atom is -0.345 e. The van der Waals surface area contributed by atoms with Crippen LogP contribution in [0.3, 0.4) is 0 Å². The second kappa shape index (κ2) is 5.16. The molecular weight excluding hydrogens is 314 g/mol. The summed E-state index contributed by atoms with van der Waals surface area (Å²) >= 11 is 1.52. The molecule has 2 aromatic heterocycles. The van der Waals surface area contributed by atoms with E-state index in [1.165, 1.54) is 21.9 Å². The fraction of sp³-hybridized carbons (Fsp3) is 0.467. The van der Waals surface area contributed by atoms with Crippen molar-refractivity contribution in [3.05, 3.63) is 16.8 Å². The average molecular weight is 331 g/mol. The van der Waals surface area contributed by atoms with Gasteiger partial charge in [0.2, 0.25) is 11.8 Å². The number of nitrogens with one attached hydrogen (secondary N) is 1. The molecule has 3 heterocycles. The molecule has 8 heteroatoms. The van der Waals surface area contributed by atoms with E-state index in [0.29, 0.717) is 11.7 Å². The molecule has 0 spiro atoms. The molecule has 1 fully saturated rings. The number of anilines is 1. The van der Waals surface area contributed by atoms with E-state index in [1.54, 1.807) is 11.9 Å². The van der Waals surface area contributed by atoms with E-state index < -0.39 is 0 Å². The predicted molar refractivity (Wildman–Crippen MR) is 86.1 cm³/mol. The van der Waals surface area contributed by atoms with Gasteiger partial charge in [0.25, 0.3) is 0 Å². The quantitative estimate of drug-likeness (QED) is 0.892. The molecule has 120 valence electrons. The number of carbonyl (C=O) groups is 2. The molecule has 2 aromatic rings. The summed E-state index contributed by atoms with van der Waals surface area (Å²) in [5.74, 6) is -0.397. The monoisotopic (exact) mass is 331 g/mol. The van der Waals surface area contributed by atoms with E-state index in [2.05, 4.69) is 15.4 Å². The third-order valence-electron chi connectivity index (χ3n) is 4.54. The number of rotatable bonds is 2. The van der Waals surface area contributed by atoms with Gasteiger partial charge in [-0.25, -0.2) is 4.98 Å². The fourth-order valence-corrected chi connectivity index (χ4v) is 4.20. The Hall–Kier alpha value is -2.22. The Bertz CT molecular complexity index is 809. The Morgan fingerprint density at radius 3 is 2.96 bits per heavy atom. The summed E-state index contributed by atoms with van der Waals surface area (Å²) in [6, 6.07) is 0. The number of hydrogen-bond donors (Lipinski definition) is 1. The van der Waals surface area contributed by atoms with Gasteiger partial charge in [-0.3, -0.25) is 14.3 Å². The Morgan fingerprint density at radius 1 is 1.39 bits per heavy atom. The van der Waals surface area contributed by atoms with E-state index in [1.807, 2.05) is 17.9 Å². The number of fused-ring (bicyclic) bond motifs is 3. The summed E-state index contributed by atoms with van der Waals surface area (Å²) in [6.07, 6.45) is 3.97. The molecule has 1 unspecified atom stereocenters. The number of hydrogen-bond acceptors (Lipinski definition) is 5. The van der Waals surface area contributed by atoms with Crippen LogP contribution in [-0.4, -0.2) is 45.1 Å². The van der Waals surface area contributed by atoms with Crippen molar-refractivity contribution in [2.45, 2.75) is 19.3 Å². The smallest absolute Gasteiger partial charge is 0.231 e. The van der Waals surface area contributed by atoms with Gasteiger partial charge in [-0.2, -0.15) is 5.10 Å². The fourth-order valence-electron chi connectivity index (χ4n) is 3.22. The lowest BCUT2D eigenvalue weighted by Crippen LogP contribution is -2.25. The number of thiazole rings is 1. The van der Waals surface area contributed by atoms with Crippen LogP contribution >= 0.6 is 11.3 Å². The van der Waals surface area contributed by atoms with Gasteiger partial charge in [-0.15, -0.1) is 11.3 Å². The van der Waals surface area contributed by atoms with Crippen molar-refractivity contribution < 1.29 is 9.59 Å².